The van der Waals surface area contributed by atoms with Gasteiger partial charge in [-0.15, -0.1) is 5.10 Å². The van der Waals surface area contributed by atoms with Gasteiger partial charge in [-0.1, -0.05) is 11.8 Å². The molecule has 7 nitrogen and oxygen atoms in total. The van der Waals surface area contributed by atoms with Crippen LogP contribution in [-0.4, -0.2) is 33.0 Å². The molecule has 0 bridgehead atoms. The summed E-state index contributed by atoms with van der Waals surface area (Å²) in [5.74, 6) is -0.200. The Kier molecular flexibility index (Phi) is 4.84. The number of ether oxygens (including phenoxy) is 1. The second-order valence-corrected chi connectivity index (χ2v) is 6.09. The molecule has 1 aliphatic rings. The fourth-order valence-corrected chi connectivity index (χ4v) is 2.91. The van der Waals surface area contributed by atoms with Gasteiger partial charge >= 0.3 is 12.3 Å². The van der Waals surface area contributed by atoms with E-state index in [1.54, 1.807) is 4.57 Å². The molecule has 1 aromatic carbocycles. The van der Waals surface area contributed by atoms with Crippen LogP contribution in [0.15, 0.2) is 34.2 Å². The van der Waals surface area contributed by atoms with Crippen LogP contribution in [0, 0.1) is 0 Å². The summed E-state index contributed by atoms with van der Waals surface area (Å²) in [5, 5.41) is 9.42. The van der Waals surface area contributed by atoms with Gasteiger partial charge in [-0.2, -0.15) is 8.78 Å². The second kappa shape index (κ2) is 7.04. The van der Waals surface area contributed by atoms with Crippen molar-refractivity contribution in [2.75, 3.05) is 11.1 Å². The van der Waals surface area contributed by atoms with Gasteiger partial charge in [0.05, 0.1) is 5.75 Å². The minimum Gasteiger partial charge on any atom is -0.435 e. The highest BCUT2D eigenvalue weighted by Crippen LogP contribution is 2.36. The lowest BCUT2D eigenvalue weighted by Gasteiger charge is -2.07. The Morgan fingerprint density at radius 1 is 1.42 bits per heavy atom. The van der Waals surface area contributed by atoms with E-state index >= 15 is 0 Å². The average Bonchev–Trinajstić information content (AvgIpc) is 3.30. The molecule has 1 amide bonds. The third kappa shape index (κ3) is 4.13. The quantitative estimate of drug-likeness (QED) is 0.743. The van der Waals surface area contributed by atoms with Crippen LogP contribution >= 0.6 is 11.8 Å². The minimum absolute atomic E-state index is 0.0161. The Morgan fingerprint density at radius 3 is 2.75 bits per heavy atom. The number of anilines is 1. The van der Waals surface area contributed by atoms with Gasteiger partial charge in [0, 0.05) is 11.7 Å². The number of halogens is 2. The molecule has 24 heavy (non-hydrogen) atoms. The molecular weight excluding hydrogens is 342 g/mol. The van der Waals surface area contributed by atoms with Gasteiger partial charge < -0.3 is 10.1 Å². The highest BCUT2D eigenvalue weighted by molar-refractivity contribution is 7.99. The summed E-state index contributed by atoms with van der Waals surface area (Å²) in [5.41, 5.74) is 0.193. The number of carbonyl (C=O) groups is 1. The minimum atomic E-state index is -2.89. The number of aromatic amines is 1. The molecule has 2 aromatic rings. The van der Waals surface area contributed by atoms with E-state index in [4.69, 9.17) is 0 Å². The molecular formula is C14H14F2N4O3S. The molecule has 1 aliphatic carbocycles. The topological polar surface area (TPSA) is 89.0 Å². The Balaban J connectivity index is 1.53. The zero-order chi connectivity index (χ0) is 17.1. The number of nitrogens with one attached hydrogen (secondary N) is 2. The predicted octanol–water partition coefficient (Wildman–Crippen LogP) is 2.24. The summed E-state index contributed by atoms with van der Waals surface area (Å²) < 4.78 is 29.9. The molecule has 0 atom stereocenters. The van der Waals surface area contributed by atoms with Crippen LogP contribution in [0.3, 0.4) is 0 Å². The van der Waals surface area contributed by atoms with E-state index in [1.165, 1.54) is 24.3 Å². The van der Waals surface area contributed by atoms with Crippen LogP contribution < -0.4 is 15.7 Å². The van der Waals surface area contributed by atoms with Crippen LogP contribution in [0.5, 0.6) is 5.75 Å². The number of thioether (sulfide) groups is 1. The molecule has 1 saturated carbocycles. The summed E-state index contributed by atoms with van der Waals surface area (Å²) in [6.45, 7) is -2.89. The van der Waals surface area contributed by atoms with Gasteiger partial charge in [-0.3, -0.25) is 9.36 Å². The maximum atomic E-state index is 12.1. The number of hydrogen-bond acceptors (Lipinski definition) is 5. The molecule has 0 saturated heterocycles. The number of amides is 1. The number of nitrogens with zero attached hydrogens (tertiary/aromatic N) is 2. The van der Waals surface area contributed by atoms with Gasteiger partial charge in [0.25, 0.3) is 0 Å². The fourth-order valence-electron chi connectivity index (χ4n) is 2.09. The molecule has 0 unspecified atom stereocenters. The average molecular weight is 356 g/mol. The second-order valence-electron chi connectivity index (χ2n) is 5.15. The van der Waals surface area contributed by atoms with Crippen molar-refractivity contribution in [2.45, 2.75) is 30.7 Å². The van der Waals surface area contributed by atoms with Crippen molar-refractivity contribution in [1.29, 1.82) is 0 Å². The van der Waals surface area contributed by atoms with E-state index < -0.39 is 6.61 Å². The van der Waals surface area contributed by atoms with Gasteiger partial charge in [-0.25, -0.2) is 9.89 Å². The normalized spacial score (nSPS) is 14.0. The number of H-pyrrole nitrogens is 1. The monoisotopic (exact) mass is 356 g/mol. The van der Waals surface area contributed by atoms with Gasteiger partial charge in [0.15, 0.2) is 5.16 Å². The van der Waals surface area contributed by atoms with Crippen LogP contribution in [0.25, 0.3) is 0 Å². The molecule has 0 spiro atoms. The van der Waals surface area contributed by atoms with E-state index in [1.807, 2.05) is 0 Å². The maximum absolute atomic E-state index is 12.1. The fraction of sp³-hybridized carbons (Fsp3) is 0.357. The lowest BCUT2D eigenvalue weighted by atomic mass is 10.3. The predicted molar refractivity (Wildman–Crippen MR) is 83.5 cm³/mol. The van der Waals surface area contributed by atoms with Crippen LogP contribution in [-0.2, 0) is 4.79 Å². The highest BCUT2D eigenvalue weighted by atomic mass is 32.2. The van der Waals surface area contributed by atoms with Gasteiger partial charge in [-0.05, 0) is 37.1 Å². The van der Waals surface area contributed by atoms with Crippen molar-refractivity contribution in [3.05, 3.63) is 34.7 Å². The molecule has 1 fully saturated rings. The largest absolute Gasteiger partial charge is 0.435 e. The summed E-state index contributed by atoms with van der Waals surface area (Å²) in [4.78, 5) is 23.6. The zero-order valence-corrected chi connectivity index (χ0v) is 13.2. The zero-order valence-electron chi connectivity index (χ0n) is 12.4. The van der Waals surface area contributed by atoms with E-state index in [0.29, 0.717) is 10.8 Å². The first kappa shape index (κ1) is 16.5. The Morgan fingerprint density at radius 2 is 2.12 bits per heavy atom. The van der Waals surface area contributed by atoms with Crippen molar-refractivity contribution in [1.82, 2.24) is 14.8 Å². The molecule has 2 N–H and O–H groups in total. The van der Waals surface area contributed by atoms with Crippen LogP contribution in [0.2, 0.25) is 0 Å². The number of aromatic nitrogens is 3. The first-order valence-corrected chi connectivity index (χ1v) is 8.16. The third-order valence-corrected chi connectivity index (χ3v) is 4.23. The number of rotatable bonds is 7. The van der Waals surface area contributed by atoms with Gasteiger partial charge in [0.1, 0.15) is 5.75 Å². The van der Waals surface area contributed by atoms with Crippen molar-refractivity contribution >= 4 is 23.4 Å². The Hall–Kier alpha value is -2.36. The van der Waals surface area contributed by atoms with Crippen molar-refractivity contribution in [3.8, 4) is 5.75 Å². The maximum Gasteiger partial charge on any atom is 0.387 e. The van der Waals surface area contributed by atoms with Crippen molar-refractivity contribution < 1.29 is 18.3 Å². The Bertz CT molecular complexity index is 771. The number of carbonyl (C=O) groups excluding carboxylic acids is 1. The number of benzene rings is 1. The van der Waals surface area contributed by atoms with Crippen molar-refractivity contribution in [3.63, 3.8) is 0 Å². The van der Waals surface area contributed by atoms with Crippen molar-refractivity contribution in [2.24, 2.45) is 0 Å². The summed E-state index contributed by atoms with van der Waals surface area (Å²) in [7, 11) is 0. The molecule has 0 aliphatic heterocycles. The van der Waals surface area contributed by atoms with E-state index in [-0.39, 0.29) is 29.1 Å². The SMILES string of the molecule is O=C(CSc1n[nH]c(=O)n1C1CC1)Nc1ccc(OC(F)F)cc1. The number of hydrogen-bond donors (Lipinski definition) is 2. The number of alkyl halides is 2. The Labute approximate surface area is 139 Å². The van der Waals surface area contributed by atoms with Crippen LogP contribution in [0.1, 0.15) is 18.9 Å². The lowest BCUT2D eigenvalue weighted by Crippen LogP contribution is -2.17. The van der Waals surface area contributed by atoms with E-state index in [9.17, 15) is 18.4 Å². The van der Waals surface area contributed by atoms with E-state index in [0.717, 1.165) is 24.6 Å². The summed E-state index contributed by atoms with van der Waals surface area (Å²) in [6.07, 6.45) is 1.87. The lowest BCUT2D eigenvalue weighted by molar-refractivity contribution is -0.113. The molecule has 1 heterocycles. The van der Waals surface area contributed by atoms with Gasteiger partial charge in [0.2, 0.25) is 5.91 Å². The highest BCUT2D eigenvalue weighted by Gasteiger charge is 2.28. The van der Waals surface area contributed by atoms with Crippen LogP contribution in [0.4, 0.5) is 14.5 Å². The third-order valence-electron chi connectivity index (χ3n) is 3.28. The first-order valence-electron chi connectivity index (χ1n) is 7.17. The molecule has 128 valence electrons. The molecule has 3 rings (SSSR count). The molecule has 1 aromatic heterocycles. The van der Waals surface area contributed by atoms with E-state index in [2.05, 4.69) is 20.3 Å². The molecule has 0 radical (unpaired) electrons. The molecule has 10 heteroatoms. The first-order chi connectivity index (χ1) is 11.5. The smallest absolute Gasteiger partial charge is 0.387 e. The summed E-state index contributed by atoms with van der Waals surface area (Å²) in [6, 6.07) is 5.79. The standard InChI is InChI=1S/C14H14F2N4O3S/c15-12(16)23-10-5-1-8(2-6-10)17-11(21)7-24-14-19-18-13(22)20(14)9-3-4-9/h1-2,5-6,9,12H,3-4,7H2,(H,17,21)(H,18,22). The summed E-state index contributed by atoms with van der Waals surface area (Å²) >= 11 is 1.16.